The van der Waals surface area contributed by atoms with Crippen LogP contribution >= 0.6 is 0 Å². The van der Waals surface area contributed by atoms with Crippen LogP contribution in [0.15, 0.2) is 48.5 Å². The number of nitrogens with one attached hydrogen (secondary N) is 1. The second-order valence-electron chi connectivity index (χ2n) is 4.42. The topological polar surface area (TPSA) is 64.3 Å². The van der Waals surface area contributed by atoms with E-state index in [1.165, 1.54) is 12.1 Å². The van der Waals surface area contributed by atoms with Crippen LogP contribution in [-0.4, -0.2) is 12.6 Å². The SMILES string of the molecule is Nc1c(F)cccc1C#CCNC(=O)OCc1ccccc1. The highest BCUT2D eigenvalue weighted by atomic mass is 19.1. The molecule has 0 bridgehead atoms. The van der Waals surface area contributed by atoms with E-state index in [1.807, 2.05) is 30.3 Å². The molecular weight excluding hydrogens is 283 g/mol. The fourth-order valence-electron chi connectivity index (χ4n) is 1.68. The minimum Gasteiger partial charge on any atom is -0.445 e. The third kappa shape index (κ3) is 4.53. The molecule has 0 aromatic heterocycles. The number of ether oxygens (including phenoxy) is 1. The van der Waals surface area contributed by atoms with Gasteiger partial charge in [0, 0.05) is 0 Å². The summed E-state index contributed by atoms with van der Waals surface area (Å²) in [7, 11) is 0. The van der Waals surface area contributed by atoms with Crippen LogP contribution in [0.5, 0.6) is 0 Å². The zero-order chi connectivity index (χ0) is 15.8. The molecule has 0 fully saturated rings. The van der Waals surface area contributed by atoms with E-state index in [1.54, 1.807) is 6.07 Å². The average Bonchev–Trinajstić information content (AvgIpc) is 2.54. The number of carbonyl (C=O) groups is 1. The first-order chi connectivity index (χ1) is 10.7. The minimum atomic E-state index is -0.564. The van der Waals surface area contributed by atoms with Crippen molar-refractivity contribution in [2.45, 2.75) is 6.61 Å². The molecule has 0 radical (unpaired) electrons. The zero-order valence-corrected chi connectivity index (χ0v) is 11.8. The van der Waals surface area contributed by atoms with Gasteiger partial charge in [0.25, 0.3) is 0 Å². The largest absolute Gasteiger partial charge is 0.445 e. The van der Waals surface area contributed by atoms with Crippen molar-refractivity contribution >= 4 is 11.8 Å². The van der Waals surface area contributed by atoms with Crippen LogP contribution in [0.3, 0.4) is 0 Å². The molecule has 4 nitrogen and oxygen atoms in total. The standard InChI is InChI=1S/C17H15FN2O2/c18-15-10-4-8-14(16(15)19)9-5-11-20-17(21)22-12-13-6-2-1-3-7-13/h1-4,6-8,10H,11-12,19H2,(H,20,21). The second kappa shape index (κ2) is 7.70. The number of anilines is 1. The summed E-state index contributed by atoms with van der Waals surface area (Å²) in [5, 5.41) is 2.49. The Hall–Kier alpha value is -3.00. The Balaban J connectivity index is 1.78. The molecule has 2 aromatic carbocycles. The molecule has 0 unspecified atom stereocenters. The van der Waals surface area contributed by atoms with Crippen molar-refractivity contribution in [3.63, 3.8) is 0 Å². The van der Waals surface area contributed by atoms with E-state index >= 15 is 0 Å². The second-order valence-corrected chi connectivity index (χ2v) is 4.42. The number of halogens is 1. The number of carbonyl (C=O) groups excluding carboxylic acids is 1. The van der Waals surface area contributed by atoms with Crippen LogP contribution in [-0.2, 0) is 11.3 Å². The Morgan fingerprint density at radius 2 is 1.95 bits per heavy atom. The van der Waals surface area contributed by atoms with Crippen molar-refractivity contribution < 1.29 is 13.9 Å². The highest BCUT2D eigenvalue weighted by Crippen LogP contribution is 2.13. The van der Waals surface area contributed by atoms with Crippen LogP contribution in [0.1, 0.15) is 11.1 Å². The van der Waals surface area contributed by atoms with E-state index < -0.39 is 11.9 Å². The number of para-hydroxylation sites is 1. The van der Waals surface area contributed by atoms with Crippen LogP contribution in [0.2, 0.25) is 0 Å². The minimum absolute atomic E-state index is 0.00153. The predicted octanol–water partition coefficient (Wildman–Crippen LogP) is 2.69. The van der Waals surface area contributed by atoms with Crippen LogP contribution in [0.25, 0.3) is 0 Å². The molecule has 2 rings (SSSR count). The van der Waals surface area contributed by atoms with Crippen molar-refractivity contribution in [3.8, 4) is 11.8 Å². The van der Waals surface area contributed by atoms with Gasteiger partial charge in [-0.25, -0.2) is 9.18 Å². The van der Waals surface area contributed by atoms with Gasteiger partial charge in [-0.1, -0.05) is 48.2 Å². The van der Waals surface area contributed by atoms with E-state index in [9.17, 15) is 9.18 Å². The number of hydrogen-bond acceptors (Lipinski definition) is 3. The first-order valence-electron chi connectivity index (χ1n) is 6.64. The third-order valence-electron chi connectivity index (χ3n) is 2.81. The van der Waals surface area contributed by atoms with Crippen molar-refractivity contribution in [2.24, 2.45) is 0 Å². The van der Waals surface area contributed by atoms with Gasteiger partial charge in [-0.3, -0.25) is 0 Å². The Bertz CT molecular complexity index is 706. The number of hydrogen-bond donors (Lipinski definition) is 2. The summed E-state index contributed by atoms with van der Waals surface area (Å²) < 4.78 is 18.2. The summed E-state index contributed by atoms with van der Waals surface area (Å²) in [6.07, 6.45) is -0.564. The van der Waals surface area contributed by atoms with E-state index in [0.717, 1.165) is 5.56 Å². The number of nitrogens with two attached hydrogens (primary N) is 1. The fourth-order valence-corrected chi connectivity index (χ4v) is 1.68. The molecule has 0 spiro atoms. The lowest BCUT2D eigenvalue weighted by Crippen LogP contribution is -2.24. The molecule has 3 N–H and O–H groups in total. The summed E-state index contributed by atoms with van der Waals surface area (Å²) in [6.45, 7) is 0.278. The molecule has 0 aliphatic carbocycles. The van der Waals surface area contributed by atoms with Gasteiger partial charge < -0.3 is 15.8 Å². The maximum absolute atomic E-state index is 13.2. The van der Waals surface area contributed by atoms with Crippen LogP contribution < -0.4 is 11.1 Å². The molecule has 0 aliphatic rings. The molecule has 0 saturated carbocycles. The number of benzene rings is 2. The average molecular weight is 298 g/mol. The Morgan fingerprint density at radius 3 is 2.73 bits per heavy atom. The maximum atomic E-state index is 13.2. The quantitative estimate of drug-likeness (QED) is 0.676. The number of amides is 1. The Labute approximate surface area is 128 Å². The lowest BCUT2D eigenvalue weighted by molar-refractivity contribution is 0.141. The van der Waals surface area contributed by atoms with Gasteiger partial charge in [-0.15, -0.1) is 0 Å². The molecule has 0 atom stereocenters. The van der Waals surface area contributed by atoms with Crippen molar-refractivity contribution in [1.29, 1.82) is 0 Å². The number of alkyl carbamates (subject to hydrolysis) is 1. The van der Waals surface area contributed by atoms with Gasteiger partial charge in [0.2, 0.25) is 0 Å². The molecule has 22 heavy (non-hydrogen) atoms. The van der Waals surface area contributed by atoms with Crippen molar-refractivity contribution in [2.75, 3.05) is 12.3 Å². The van der Waals surface area contributed by atoms with Gasteiger partial charge in [-0.2, -0.15) is 0 Å². The molecule has 2 aromatic rings. The fraction of sp³-hybridized carbons (Fsp3) is 0.118. The summed E-state index contributed by atoms with van der Waals surface area (Å²) in [5.41, 5.74) is 6.84. The summed E-state index contributed by atoms with van der Waals surface area (Å²) >= 11 is 0. The Kier molecular flexibility index (Phi) is 5.38. The summed E-state index contributed by atoms with van der Waals surface area (Å²) in [5.74, 6) is 4.88. The highest BCUT2D eigenvalue weighted by molar-refractivity contribution is 5.67. The van der Waals surface area contributed by atoms with Gasteiger partial charge in [0.1, 0.15) is 12.4 Å². The number of rotatable bonds is 3. The lowest BCUT2D eigenvalue weighted by Gasteiger charge is -2.04. The van der Waals surface area contributed by atoms with Gasteiger partial charge in [-0.05, 0) is 17.7 Å². The van der Waals surface area contributed by atoms with E-state index in [4.69, 9.17) is 10.5 Å². The van der Waals surface area contributed by atoms with Crippen LogP contribution in [0.4, 0.5) is 14.9 Å². The van der Waals surface area contributed by atoms with Gasteiger partial charge in [0.15, 0.2) is 0 Å². The molecule has 112 valence electrons. The van der Waals surface area contributed by atoms with Gasteiger partial charge in [0.05, 0.1) is 17.8 Å². The van der Waals surface area contributed by atoms with E-state index in [0.29, 0.717) is 5.56 Å². The van der Waals surface area contributed by atoms with Crippen LogP contribution in [0, 0.1) is 17.7 Å². The van der Waals surface area contributed by atoms with Gasteiger partial charge >= 0.3 is 6.09 Å². The smallest absolute Gasteiger partial charge is 0.408 e. The Morgan fingerprint density at radius 1 is 1.18 bits per heavy atom. The molecule has 1 amide bonds. The van der Waals surface area contributed by atoms with Crippen molar-refractivity contribution in [1.82, 2.24) is 5.32 Å². The first-order valence-corrected chi connectivity index (χ1v) is 6.64. The molecule has 5 heteroatoms. The zero-order valence-electron chi connectivity index (χ0n) is 11.8. The summed E-state index contributed by atoms with van der Waals surface area (Å²) in [4.78, 5) is 11.5. The number of nitrogen functional groups attached to an aromatic ring is 1. The molecule has 0 heterocycles. The predicted molar refractivity (Wildman–Crippen MR) is 82.3 cm³/mol. The van der Waals surface area contributed by atoms with E-state index in [-0.39, 0.29) is 18.8 Å². The highest BCUT2D eigenvalue weighted by Gasteiger charge is 2.02. The first kappa shape index (κ1) is 15.4. The molecular formula is C17H15FN2O2. The lowest BCUT2D eigenvalue weighted by atomic mass is 10.2. The third-order valence-corrected chi connectivity index (χ3v) is 2.81. The van der Waals surface area contributed by atoms with Crippen molar-refractivity contribution in [3.05, 3.63) is 65.5 Å². The molecule has 0 saturated heterocycles. The normalized spacial score (nSPS) is 9.50. The maximum Gasteiger partial charge on any atom is 0.408 e. The summed E-state index contributed by atoms with van der Waals surface area (Å²) in [6, 6.07) is 13.7. The van der Waals surface area contributed by atoms with E-state index in [2.05, 4.69) is 17.2 Å². The molecule has 0 aliphatic heterocycles. The monoisotopic (exact) mass is 298 g/mol.